The van der Waals surface area contributed by atoms with Crippen molar-refractivity contribution in [2.75, 3.05) is 6.54 Å². The first kappa shape index (κ1) is 17.4. The van der Waals surface area contributed by atoms with Gasteiger partial charge >= 0.3 is 6.18 Å². The molecule has 0 saturated heterocycles. The molecule has 0 aliphatic heterocycles. The Morgan fingerprint density at radius 3 is 2.30 bits per heavy atom. The van der Waals surface area contributed by atoms with Gasteiger partial charge in [0.25, 0.3) is 10.0 Å². The summed E-state index contributed by atoms with van der Waals surface area (Å²) in [6.07, 6.45) is -4.58. The highest BCUT2D eigenvalue weighted by Crippen LogP contribution is 2.31. The molecule has 2 N–H and O–H groups in total. The maximum Gasteiger partial charge on any atom is 0.402 e. The number of nitrogens with two attached hydrogens (primary N) is 1. The zero-order valence-corrected chi connectivity index (χ0v) is 13.0. The molecule has 0 bridgehead atoms. The first-order valence-corrected chi connectivity index (χ1v) is 8.12. The van der Waals surface area contributed by atoms with Gasteiger partial charge in [0.05, 0.1) is 0 Å². The Hall–Kier alpha value is -0.640. The summed E-state index contributed by atoms with van der Waals surface area (Å²) in [5.74, 6) is 0. The molecule has 116 valence electrons. The van der Waals surface area contributed by atoms with E-state index in [2.05, 4.69) is 0 Å². The lowest BCUT2D eigenvalue weighted by Gasteiger charge is -2.26. The lowest BCUT2D eigenvalue weighted by molar-refractivity contribution is -0.138. The van der Waals surface area contributed by atoms with Crippen LogP contribution in [0.3, 0.4) is 0 Å². The van der Waals surface area contributed by atoms with E-state index >= 15 is 0 Å². The number of rotatable bonds is 5. The van der Waals surface area contributed by atoms with Crippen molar-refractivity contribution in [3.8, 4) is 0 Å². The average molecular weight is 330 g/mol. The van der Waals surface area contributed by atoms with Crippen LogP contribution in [0, 0.1) is 6.92 Å². The summed E-state index contributed by atoms with van der Waals surface area (Å²) < 4.78 is 62.6. The third-order valence-electron chi connectivity index (χ3n) is 2.66. The largest absolute Gasteiger partial charge is 0.402 e. The molecule has 0 atom stereocenters. The summed E-state index contributed by atoms with van der Waals surface area (Å²) in [6, 6.07) is 0.582. The van der Waals surface area contributed by atoms with Crippen LogP contribution in [0.1, 0.15) is 24.3 Å². The van der Waals surface area contributed by atoms with Gasteiger partial charge in [-0.2, -0.15) is 17.5 Å². The topological polar surface area (TPSA) is 63.4 Å². The number of aryl methyl sites for hydroxylation is 1. The number of alkyl halides is 3. The van der Waals surface area contributed by atoms with Gasteiger partial charge in [-0.15, -0.1) is 11.3 Å². The Kier molecular flexibility index (Phi) is 5.23. The normalized spacial score (nSPS) is 13.4. The Morgan fingerprint density at radius 1 is 1.40 bits per heavy atom. The third-order valence-corrected chi connectivity index (χ3v) is 6.39. The lowest BCUT2D eigenvalue weighted by Crippen LogP contribution is -2.42. The summed E-state index contributed by atoms with van der Waals surface area (Å²) in [5, 5.41) is 0. The van der Waals surface area contributed by atoms with Gasteiger partial charge in [0.1, 0.15) is 10.8 Å². The molecule has 0 radical (unpaired) electrons. The predicted molar refractivity (Wildman–Crippen MR) is 72.0 cm³/mol. The fourth-order valence-electron chi connectivity index (χ4n) is 1.66. The minimum absolute atomic E-state index is 0.103. The molecule has 0 aliphatic carbocycles. The van der Waals surface area contributed by atoms with Crippen LogP contribution >= 0.6 is 11.3 Å². The van der Waals surface area contributed by atoms with Crippen LogP contribution in [-0.2, 0) is 16.6 Å². The quantitative estimate of drug-likeness (QED) is 0.902. The molecular weight excluding hydrogens is 313 g/mol. The summed E-state index contributed by atoms with van der Waals surface area (Å²) in [7, 11) is -4.17. The highest BCUT2D eigenvalue weighted by atomic mass is 32.2. The second-order valence-electron chi connectivity index (χ2n) is 4.63. The monoisotopic (exact) mass is 330 g/mol. The SMILES string of the molecule is Cc1cc(S(=O)(=O)N(CC(F)(F)F)C(C)C)sc1CN. The van der Waals surface area contributed by atoms with Crippen molar-refractivity contribution in [1.82, 2.24) is 4.31 Å². The molecule has 1 rings (SSSR count). The number of thiophene rings is 1. The van der Waals surface area contributed by atoms with Gasteiger partial charge in [-0.25, -0.2) is 8.42 Å². The Balaban J connectivity index is 3.22. The summed E-state index contributed by atoms with van der Waals surface area (Å²) >= 11 is 0.916. The number of hydrogen-bond acceptors (Lipinski definition) is 4. The van der Waals surface area contributed by atoms with Crippen LogP contribution in [0.5, 0.6) is 0 Å². The van der Waals surface area contributed by atoms with Gasteiger partial charge in [-0.1, -0.05) is 0 Å². The first-order chi connectivity index (χ1) is 8.99. The maximum absolute atomic E-state index is 12.5. The first-order valence-electron chi connectivity index (χ1n) is 5.87. The molecule has 0 unspecified atom stereocenters. The summed E-state index contributed by atoms with van der Waals surface area (Å²) in [6.45, 7) is 3.16. The van der Waals surface area contributed by atoms with Gasteiger partial charge < -0.3 is 5.73 Å². The average Bonchev–Trinajstić information content (AvgIpc) is 2.66. The Morgan fingerprint density at radius 2 is 1.95 bits per heavy atom. The van der Waals surface area contributed by atoms with Gasteiger partial charge in [0, 0.05) is 17.5 Å². The van der Waals surface area contributed by atoms with Crippen LogP contribution < -0.4 is 5.73 Å². The molecule has 1 heterocycles. The van der Waals surface area contributed by atoms with E-state index in [1.54, 1.807) is 6.92 Å². The molecule has 0 fully saturated rings. The number of nitrogens with zero attached hydrogens (tertiary/aromatic N) is 1. The smallest absolute Gasteiger partial charge is 0.326 e. The van der Waals surface area contributed by atoms with Gasteiger partial charge in [-0.3, -0.25) is 0 Å². The standard InChI is InChI=1S/C11H17F3N2O2S2/c1-7(2)16(6-11(12,13)14)20(17,18)10-4-8(3)9(5-15)19-10/h4,7H,5-6,15H2,1-3H3. The van der Waals surface area contributed by atoms with Crippen LogP contribution in [0.4, 0.5) is 13.2 Å². The van der Waals surface area contributed by atoms with E-state index in [1.807, 2.05) is 0 Å². The minimum Gasteiger partial charge on any atom is -0.326 e. The van der Waals surface area contributed by atoms with Crippen molar-refractivity contribution in [2.24, 2.45) is 5.73 Å². The molecule has 0 spiro atoms. The molecular formula is C11H17F3N2O2S2. The van der Waals surface area contributed by atoms with E-state index < -0.39 is 28.8 Å². The Bertz CT molecular complexity index is 565. The van der Waals surface area contributed by atoms with Crippen molar-refractivity contribution >= 4 is 21.4 Å². The van der Waals surface area contributed by atoms with Crippen LogP contribution in [0.25, 0.3) is 0 Å². The minimum atomic E-state index is -4.58. The zero-order chi connectivity index (χ0) is 15.7. The van der Waals surface area contributed by atoms with Gasteiger partial charge in [0.2, 0.25) is 0 Å². The van der Waals surface area contributed by atoms with Crippen LogP contribution in [0.2, 0.25) is 0 Å². The van der Waals surface area contributed by atoms with Crippen molar-refractivity contribution in [3.63, 3.8) is 0 Å². The molecule has 1 aromatic rings. The highest BCUT2D eigenvalue weighted by Gasteiger charge is 2.39. The van der Waals surface area contributed by atoms with Gasteiger partial charge in [-0.05, 0) is 32.4 Å². The molecule has 0 aromatic carbocycles. The zero-order valence-electron chi connectivity index (χ0n) is 11.4. The van der Waals surface area contributed by atoms with Crippen molar-refractivity contribution < 1.29 is 21.6 Å². The second kappa shape index (κ2) is 6.00. The molecule has 4 nitrogen and oxygen atoms in total. The van der Waals surface area contributed by atoms with Crippen molar-refractivity contribution in [2.45, 2.75) is 43.7 Å². The third kappa shape index (κ3) is 3.94. The van der Waals surface area contributed by atoms with E-state index in [9.17, 15) is 21.6 Å². The second-order valence-corrected chi connectivity index (χ2v) is 7.89. The molecule has 1 aromatic heterocycles. The van der Waals surface area contributed by atoms with E-state index in [4.69, 9.17) is 5.73 Å². The Labute approximate surface area is 120 Å². The molecule has 0 saturated carbocycles. The molecule has 0 aliphatic rings. The van der Waals surface area contributed by atoms with E-state index in [-0.39, 0.29) is 10.8 Å². The van der Waals surface area contributed by atoms with E-state index in [1.165, 1.54) is 19.9 Å². The molecule has 9 heteroatoms. The number of halogens is 3. The highest BCUT2D eigenvalue weighted by molar-refractivity contribution is 7.91. The summed E-state index contributed by atoms with van der Waals surface area (Å²) in [4.78, 5) is 0.652. The van der Waals surface area contributed by atoms with Crippen LogP contribution in [0.15, 0.2) is 10.3 Å². The van der Waals surface area contributed by atoms with E-state index in [0.29, 0.717) is 14.7 Å². The summed E-state index contributed by atoms with van der Waals surface area (Å²) in [5.41, 5.74) is 6.14. The number of hydrogen-bond donors (Lipinski definition) is 1. The molecule has 20 heavy (non-hydrogen) atoms. The van der Waals surface area contributed by atoms with Crippen molar-refractivity contribution in [3.05, 3.63) is 16.5 Å². The molecule has 0 amide bonds. The fourth-order valence-corrected chi connectivity index (χ4v) is 4.88. The van der Waals surface area contributed by atoms with Crippen molar-refractivity contribution in [1.29, 1.82) is 0 Å². The fraction of sp³-hybridized carbons (Fsp3) is 0.636. The predicted octanol–water partition coefficient (Wildman–Crippen LogP) is 2.48. The van der Waals surface area contributed by atoms with E-state index in [0.717, 1.165) is 11.3 Å². The maximum atomic E-state index is 12.5. The van der Waals surface area contributed by atoms with Gasteiger partial charge in [0.15, 0.2) is 0 Å². The number of sulfonamides is 1. The lowest BCUT2D eigenvalue weighted by atomic mass is 10.3. The van der Waals surface area contributed by atoms with Crippen LogP contribution in [-0.4, -0.2) is 31.5 Å².